The van der Waals surface area contributed by atoms with E-state index < -0.39 is 0 Å². The molecule has 0 saturated heterocycles. The average molecular weight is 1400 g/mol. The summed E-state index contributed by atoms with van der Waals surface area (Å²) in [6.07, 6.45) is 25.3. The van der Waals surface area contributed by atoms with Gasteiger partial charge in [-0.05, 0) is 48.6 Å². The Hall–Kier alpha value is -7.20. The van der Waals surface area contributed by atoms with Gasteiger partial charge in [0.1, 0.15) is 124 Å². The van der Waals surface area contributed by atoms with Gasteiger partial charge in [0, 0.05) is 56.9 Å². The fourth-order valence-corrected chi connectivity index (χ4v) is 11.9. The largest absolute Gasteiger partial charge is 0.382 e. The highest BCUT2D eigenvalue weighted by molar-refractivity contribution is 5.97. The standard InChI is InChI=1S/C72H105N12O16/c1-85-41-49-93-33-25-77-17-18-78(26-34-94-50-42-86-2)69(77)65-57-9-11-59(73-57)66(70-79(27-35-95-51-43-87-3)19-20-80(70)28-36-96-52-44-88-4)61-13-15-63(75-61)68(72-83(31-39-99-55-47-91-7)23-24-84(72)32-40-100-56-48-92-8)64-16-14-62(76-64)67(60-12-10-58(65)74-60)71-81(29-37-97-53-45-89-5)21-22-82(71)30-38-98-54-46-90-6/h9-24H,25-56H2,1-8H3,(H,73,74,75,76)/q+3/p+1. The van der Waals surface area contributed by atoms with Crippen LogP contribution in [0.15, 0.2) is 73.8 Å². The maximum absolute atomic E-state index is 6.21. The van der Waals surface area contributed by atoms with Crippen molar-refractivity contribution >= 4 is 46.4 Å². The quantitative estimate of drug-likeness (QED) is 0.0377. The highest BCUT2D eigenvalue weighted by Gasteiger charge is 2.33. The Balaban J connectivity index is 1.42. The van der Waals surface area contributed by atoms with Crippen molar-refractivity contribution in [1.29, 1.82) is 0 Å². The first kappa shape index (κ1) is 77.0. The molecule has 0 atom stereocenters. The zero-order chi connectivity index (χ0) is 69.9. The van der Waals surface area contributed by atoms with Gasteiger partial charge < -0.3 is 85.8 Å². The molecule has 0 radical (unpaired) electrons. The molecule has 28 nitrogen and oxygen atoms in total. The Morgan fingerprint density at radius 3 is 0.670 bits per heavy atom. The molecule has 9 rings (SSSR count). The molecule has 0 unspecified atom stereocenters. The molecule has 546 valence electrons. The van der Waals surface area contributed by atoms with Crippen molar-refractivity contribution in [3.63, 3.8) is 0 Å². The second kappa shape index (κ2) is 42.9. The first-order valence-corrected chi connectivity index (χ1v) is 34.4. The Morgan fingerprint density at radius 2 is 0.470 bits per heavy atom. The van der Waals surface area contributed by atoms with Crippen LogP contribution in [-0.4, -0.2) is 254 Å². The number of hydrogen-bond acceptors (Lipinski definition) is 18. The third-order valence-corrected chi connectivity index (χ3v) is 16.8. The molecule has 0 amide bonds. The highest BCUT2D eigenvalue weighted by Crippen LogP contribution is 2.37. The van der Waals surface area contributed by atoms with Crippen LogP contribution in [0.3, 0.4) is 0 Å². The lowest BCUT2D eigenvalue weighted by atomic mass is 10.1. The van der Waals surface area contributed by atoms with Gasteiger partial charge in [-0.2, -0.15) is 0 Å². The third-order valence-electron chi connectivity index (χ3n) is 16.8. The monoisotopic (exact) mass is 1390 g/mol. The van der Waals surface area contributed by atoms with E-state index in [0.29, 0.717) is 234 Å². The second-order valence-electron chi connectivity index (χ2n) is 23.4. The number of hydrogen-bond donors (Lipinski definition) is 2. The molecule has 8 bridgehead atoms. The van der Waals surface area contributed by atoms with E-state index in [1.807, 2.05) is 0 Å². The highest BCUT2D eigenvalue weighted by atomic mass is 16.5. The maximum Gasteiger partial charge on any atom is 0.293 e. The Morgan fingerprint density at radius 1 is 0.270 bits per heavy atom. The average Bonchev–Trinajstić information content (AvgIpc) is 1.59. The summed E-state index contributed by atoms with van der Waals surface area (Å²) < 4.78 is 111. The van der Waals surface area contributed by atoms with Crippen molar-refractivity contribution in [3.8, 4) is 45.6 Å². The number of H-pyrrole nitrogens is 2. The summed E-state index contributed by atoms with van der Waals surface area (Å²) in [4.78, 5) is 19.8. The van der Waals surface area contributed by atoms with Crippen LogP contribution in [0.4, 0.5) is 0 Å². The van der Waals surface area contributed by atoms with Crippen LogP contribution < -0.4 is 18.3 Å². The molecule has 0 spiro atoms. The minimum Gasteiger partial charge on any atom is -0.382 e. The number of aromatic nitrogens is 12. The first-order chi connectivity index (χ1) is 49.4. The van der Waals surface area contributed by atoms with E-state index in [1.165, 1.54) is 0 Å². The lowest BCUT2D eigenvalue weighted by Gasteiger charge is -2.10. The lowest BCUT2D eigenvalue weighted by Crippen LogP contribution is -2.38. The summed E-state index contributed by atoms with van der Waals surface area (Å²) in [6.45, 7) is 14.9. The van der Waals surface area contributed by atoms with E-state index in [-0.39, 0.29) is 0 Å². The van der Waals surface area contributed by atoms with Crippen LogP contribution in [0.5, 0.6) is 0 Å². The van der Waals surface area contributed by atoms with E-state index in [2.05, 4.69) is 145 Å². The molecular formula is C72H106N12O16+4. The summed E-state index contributed by atoms with van der Waals surface area (Å²) in [6, 6.07) is 8.60. The Kier molecular flexibility index (Phi) is 33.0. The van der Waals surface area contributed by atoms with Gasteiger partial charge in [-0.25, -0.2) is 46.5 Å². The molecule has 2 aliphatic rings. The minimum absolute atomic E-state index is 0.422. The predicted molar refractivity (Wildman–Crippen MR) is 375 cm³/mol. The summed E-state index contributed by atoms with van der Waals surface area (Å²) in [5.74, 6) is 3.53. The van der Waals surface area contributed by atoms with Crippen molar-refractivity contribution in [1.82, 2.24) is 38.2 Å². The number of nitrogens with zero attached hydrogens (tertiary/aromatic N) is 10. The molecule has 100 heavy (non-hydrogen) atoms. The predicted octanol–water partition coefficient (Wildman–Crippen LogP) is 4.98. The topological polar surface area (TPSA) is 240 Å². The number of nitrogens with one attached hydrogen (secondary N) is 2. The van der Waals surface area contributed by atoms with Gasteiger partial charge in [0.25, 0.3) is 23.3 Å². The summed E-state index contributed by atoms with van der Waals surface area (Å²) in [5, 5.41) is 0. The number of aromatic amines is 2. The number of ether oxygens (including phenoxy) is 16. The molecule has 0 saturated carbocycles. The lowest BCUT2D eigenvalue weighted by molar-refractivity contribution is -0.687. The number of fused-ring (bicyclic) bond motifs is 8. The molecular weight excluding hydrogens is 1290 g/mol. The molecule has 7 aromatic heterocycles. The summed E-state index contributed by atoms with van der Waals surface area (Å²) in [5.41, 5.74) is 9.42. The van der Waals surface area contributed by atoms with Gasteiger partial charge in [-0.15, -0.1) is 0 Å². The zero-order valence-corrected chi connectivity index (χ0v) is 59.9. The minimum atomic E-state index is 0.422. The third kappa shape index (κ3) is 21.4. The maximum atomic E-state index is 6.21. The van der Waals surface area contributed by atoms with E-state index >= 15 is 0 Å². The normalized spacial score (nSPS) is 12.2. The smallest absolute Gasteiger partial charge is 0.293 e. The van der Waals surface area contributed by atoms with E-state index in [1.54, 1.807) is 56.9 Å². The second-order valence-corrected chi connectivity index (χ2v) is 23.4. The molecule has 0 fully saturated rings. The fourth-order valence-electron chi connectivity index (χ4n) is 11.9. The fraction of sp³-hybridized carbons (Fsp3) is 0.556. The number of rotatable bonds is 52. The molecule has 0 aromatic carbocycles. The van der Waals surface area contributed by atoms with Gasteiger partial charge in [0.05, 0.1) is 203 Å². The van der Waals surface area contributed by atoms with Crippen LogP contribution in [0.25, 0.3) is 91.9 Å². The van der Waals surface area contributed by atoms with Crippen LogP contribution in [0.2, 0.25) is 0 Å². The van der Waals surface area contributed by atoms with Crippen molar-refractivity contribution in [3.05, 3.63) is 96.6 Å². The van der Waals surface area contributed by atoms with Crippen molar-refractivity contribution < 1.29 is 94.1 Å². The number of imidazole rings is 4. The molecule has 7 aromatic rings. The molecule has 9 heterocycles. The van der Waals surface area contributed by atoms with E-state index in [9.17, 15) is 0 Å². The van der Waals surface area contributed by atoms with Crippen molar-refractivity contribution in [2.75, 3.05) is 215 Å². The van der Waals surface area contributed by atoms with E-state index in [0.717, 1.165) is 67.6 Å². The summed E-state index contributed by atoms with van der Waals surface area (Å²) in [7, 11) is 13.4. The van der Waals surface area contributed by atoms with Gasteiger partial charge in [-0.3, -0.25) is 0 Å². The molecule has 2 aliphatic heterocycles. The Bertz CT molecular complexity index is 3200. The first-order valence-electron chi connectivity index (χ1n) is 34.4. The van der Waals surface area contributed by atoms with Crippen LogP contribution in [-0.2, 0) is 128 Å². The molecule has 2 N–H and O–H groups in total. The zero-order valence-electron chi connectivity index (χ0n) is 59.9. The molecule has 28 heteroatoms. The van der Waals surface area contributed by atoms with Gasteiger partial charge >= 0.3 is 0 Å². The Labute approximate surface area is 586 Å². The van der Waals surface area contributed by atoms with Crippen molar-refractivity contribution in [2.24, 2.45) is 0 Å². The van der Waals surface area contributed by atoms with Crippen LogP contribution >= 0.6 is 0 Å². The van der Waals surface area contributed by atoms with Gasteiger partial charge in [0.15, 0.2) is 0 Å². The van der Waals surface area contributed by atoms with Crippen molar-refractivity contribution in [2.45, 2.75) is 52.4 Å². The van der Waals surface area contributed by atoms with Crippen LogP contribution in [0.1, 0.15) is 22.8 Å². The SMILES string of the molecule is COCCOCCn1cc[n+](CCOCCOC)c1-c1c2nc(c(-c3n(CCOCCOC)cc[n+]3CCOCCOC)c3ccc([nH]3)c(-c3n(CCOCCOC)cc[n+]3CCOCCOC)c3nc(c(-c4n(CCOCCOC)cc[n+]4CCOCCOC)c4ccc1[nH]4)C=C3)C=C2. The van der Waals surface area contributed by atoms with E-state index in [4.69, 9.17) is 85.8 Å². The molecule has 0 aliphatic carbocycles. The van der Waals surface area contributed by atoms with Crippen LogP contribution in [0, 0.1) is 0 Å². The summed E-state index contributed by atoms with van der Waals surface area (Å²) >= 11 is 0. The van der Waals surface area contributed by atoms with Gasteiger partial charge in [0.2, 0.25) is 0 Å². The number of methoxy groups -OCH3 is 8. The van der Waals surface area contributed by atoms with Gasteiger partial charge in [-0.1, -0.05) is 0 Å².